The Labute approximate surface area is 135 Å². The van der Waals surface area contributed by atoms with E-state index >= 15 is 0 Å². The fourth-order valence-electron chi connectivity index (χ4n) is 3.08. The van der Waals surface area contributed by atoms with E-state index in [1.54, 1.807) is 18.2 Å². The van der Waals surface area contributed by atoms with Gasteiger partial charge >= 0.3 is 0 Å². The van der Waals surface area contributed by atoms with Crippen LogP contribution < -0.4 is 5.32 Å². The molecule has 114 valence electrons. The zero-order valence-corrected chi connectivity index (χ0v) is 13.3. The minimum atomic E-state index is 0.0474. The largest absolute Gasteiger partial charge is 0.337 e. The fourth-order valence-corrected chi connectivity index (χ4v) is 3.38. The van der Waals surface area contributed by atoms with Crippen molar-refractivity contribution in [3.05, 3.63) is 33.8 Å². The van der Waals surface area contributed by atoms with Crippen LogP contribution in [0.4, 0.5) is 0 Å². The second-order valence-corrected chi connectivity index (χ2v) is 6.42. The molecule has 0 bridgehead atoms. The van der Waals surface area contributed by atoms with Crippen LogP contribution in [0.2, 0.25) is 10.0 Å². The summed E-state index contributed by atoms with van der Waals surface area (Å²) < 4.78 is 0. The van der Waals surface area contributed by atoms with Crippen LogP contribution in [0.5, 0.6) is 0 Å². The second-order valence-electron chi connectivity index (χ2n) is 5.61. The van der Waals surface area contributed by atoms with Crippen LogP contribution in [0, 0.1) is 0 Å². The average Bonchev–Trinajstić information content (AvgIpc) is 3.00. The Bertz CT molecular complexity index is 532. The van der Waals surface area contributed by atoms with Crippen LogP contribution in [0.15, 0.2) is 18.2 Å². The Morgan fingerprint density at radius 3 is 2.62 bits per heavy atom. The number of benzene rings is 1. The van der Waals surface area contributed by atoms with Gasteiger partial charge in [-0.3, -0.25) is 9.69 Å². The Morgan fingerprint density at radius 1 is 1.14 bits per heavy atom. The van der Waals surface area contributed by atoms with E-state index in [9.17, 15) is 4.79 Å². The van der Waals surface area contributed by atoms with Crippen molar-refractivity contribution in [2.24, 2.45) is 0 Å². The van der Waals surface area contributed by atoms with Gasteiger partial charge in [-0.05, 0) is 24.6 Å². The highest BCUT2D eigenvalue weighted by Gasteiger charge is 2.31. The van der Waals surface area contributed by atoms with Crippen LogP contribution in [-0.4, -0.2) is 61.0 Å². The molecule has 0 radical (unpaired) electrons. The van der Waals surface area contributed by atoms with E-state index in [1.165, 1.54) is 0 Å². The molecular formula is C15H19Cl2N3O. The number of hydrogen-bond acceptors (Lipinski definition) is 3. The molecule has 1 atom stereocenters. The lowest BCUT2D eigenvalue weighted by Crippen LogP contribution is -2.49. The fraction of sp³-hybridized carbons (Fsp3) is 0.533. The monoisotopic (exact) mass is 327 g/mol. The van der Waals surface area contributed by atoms with Crippen LogP contribution in [-0.2, 0) is 0 Å². The Morgan fingerprint density at radius 2 is 1.90 bits per heavy atom. The molecule has 1 aromatic carbocycles. The van der Waals surface area contributed by atoms with Crippen molar-refractivity contribution in [2.45, 2.75) is 12.5 Å². The van der Waals surface area contributed by atoms with Gasteiger partial charge in [0.05, 0.1) is 10.0 Å². The van der Waals surface area contributed by atoms with Gasteiger partial charge in [-0.15, -0.1) is 0 Å². The average molecular weight is 328 g/mol. The summed E-state index contributed by atoms with van der Waals surface area (Å²) in [6, 6.07) is 5.57. The van der Waals surface area contributed by atoms with Crippen LogP contribution in [0.25, 0.3) is 0 Å². The van der Waals surface area contributed by atoms with Crippen molar-refractivity contribution >= 4 is 29.1 Å². The lowest BCUT2D eigenvalue weighted by molar-refractivity contribution is 0.0773. The number of carbonyl (C=O) groups is 1. The van der Waals surface area contributed by atoms with Gasteiger partial charge in [0, 0.05) is 50.9 Å². The van der Waals surface area contributed by atoms with Gasteiger partial charge in [0.15, 0.2) is 0 Å². The van der Waals surface area contributed by atoms with Crippen molar-refractivity contribution in [2.75, 3.05) is 39.3 Å². The van der Waals surface area contributed by atoms with E-state index in [0.717, 1.165) is 45.7 Å². The van der Waals surface area contributed by atoms with Gasteiger partial charge in [-0.25, -0.2) is 0 Å². The van der Waals surface area contributed by atoms with Crippen molar-refractivity contribution in [1.29, 1.82) is 0 Å². The number of nitrogens with one attached hydrogen (secondary N) is 1. The van der Waals surface area contributed by atoms with Crippen molar-refractivity contribution in [1.82, 2.24) is 15.1 Å². The number of hydrogen-bond donors (Lipinski definition) is 1. The molecule has 0 spiro atoms. The first-order valence-corrected chi connectivity index (χ1v) is 8.10. The SMILES string of the molecule is O=C(c1ccc(Cl)c(Cl)c1)N1CCC(N2CCNCC2)C1. The van der Waals surface area contributed by atoms with Gasteiger partial charge < -0.3 is 10.2 Å². The van der Waals surface area contributed by atoms with E-state index in [-0.39, 0.29) is 5.91 Å². The first kappa shape index (κ1) is 15.1. The summed E-state index contributed by atoms with van der Waals surface area (Å²) in [5.74, 6) is 0.0474. The summed E-state index contributed by atoms with van der Waals surface area (Å²) >= 11 is 11.9. The molecule has 0 aliphatic carbocycles. The highest BCUT2D eigenvalue weighted by Crippen LogP contribution is 2.25. The lowest BCUT2D eigenvalue weighted by Gasteiger charge is -2.32. The molecular weight excluding hydrogens is 309 g/mol. The maximum absolute atomic E-state index is 12.5. The molecule has 4 nitrogen and oxygen atoms in total. The summed E-state index contributed by atoms with van der Waals surface area (Å²) in [7, 11) is 0. The molecule has 1 N–H and O–H groups in total. The summed E-state index contributed by atoms with van der Waals surface area (Å²) in [6.45, 7) is 5.83. The van der Waals surface area contributed by atoms with Gasteiger partial charge in [0.25, 0.3) is 5.91 Å². The number of rotatable bonds is 2. The third-order valence-electron chi connectivity index (χ3n) is 4.29. The topological polar surface area (TPSA) is 35.6 Å². The molecule has 1 unspecified atom stereocenters. The minimum Gasteiger partial charge on any atom is -0.337 e. The zero-order chi connectivity index (χ0) is 14.8. The summed E-state index contributed by atoms with van der Waals surface area (Å²) in [4.78, 5) is 16.9. The Kier molecular flexibility index (Phi) is 4.69. The number of piperazine rings is 1. The predicted molar refractivity (Wildman–Crippen MR) is 85.2 cm³/mol. The summed E-state index contributed by atoms with van der Waals surface area (Å²) in [6.07, 6.45) is 1.05. The molecule has 21 heavy (non-hydrogen) atoms. The van der Waals surface area contributed by atoms with E-state index in [0.29, 0.717) is 21.7 Å². The standard InChI is InChI=1S/C15H19Cl2N3O/c16-13-2-1-11(9-14(13)17)15(21)20-6-3-12(10-20)19-7-4-18-5-8-19/h1-2,9,12,18H,3-8,10H2. The maximum Gasteiger partial charge on any atom is 0.253 e. The minimum absolute atomic E-state index is 0.0474. The molecule has 1 amide bonds. The predicted octanol–water partition coefficient (Wildman–Crippen LogP) is 2.11. The molecule has 6 heteroatoms. The smallest absolute Gasteiger partial charge is 0.253 e. The molecule has 3 rings (SSSR count). The summed E-state index contributed by atoms with van der Waals surface area (Å²) in [5, 5.41) is 4.27. The molecule has 0 aromatic heterocycles. The van der Waals surface area contributed by atoms with Gasteiger partial charge in [-0.1, -0.05) is 23.2 Å². The normalized spacial score (nSPS) is 23.5. The highest BCUT2D eigenvalue weighted by atomic mass is 35.5. The van der Waals surface area contributed by atoms with Crippen molar-refractivity contribution < 1.29 is 4.79 Å². The van der Waals surface area contributed by atoms with Gasteiger partial charge in [-0.2, -0.15) is 0 Å². The van der Waals surface area contributed by atoms with Crippen LogP contribution in [0.3, 0.4) is 0 Å². The number of likely N-dealkylation sites (tertiary alicyclic amines) is 1. The first-order valence-electron chi connectivity index (χ1n) is 7.34. The van der Waals surface area contributed by atoms with Crippen molar-refractivity contribution in [3.8, 4) is 0 Å². The molecule has 0 saturated carbocycles. The second kappa shape index (κ2) is 6.53. The highest BCUT2D eigenvalue weighted by molar-refractivity contribution is 6.42. The molecule has 2 aliphatic heterocycles. The van der Waals surface area contributed by atoms with E-state index in [2.05, 4.69) is 10.2 Å². The molecule has 2 heterocycles. The quantitative estimate of drug-likeness (QED) is 0.903. The first-order chi connectivity index (χ1) is 10.1. The number of nitrogens with zero attached hydrogens (tertiary/aromatic N) is 2. The number of amides is 1. The zero-order valence-electron chi connectivity index (χ0n) is 11.8. The Balaban J connectivity index is 1.64. The lowest BCUT2D eigenvalue weighted by atomic mass is 10.2. The third kappa shape index (κ3) is 3.34. The van der Waals surface area contributed by atoms with E-state index in [1.807, 2.05) is 4.90 Å². The van der Waals surface area contributed by atoms with Crippen LogP contribution in [0.1, 0.15) is 16.8 Å². The maximum atomic E-state index is 12.5. The molecule has 2 fully saturated rings. The number of carbonyl (C=O) groups excluding carboxylic acids is 1. The van der Waals surface area contributed by atoms with Gasteiger partial charge in [0.2, 0.25) is 0 Å². The summed E-state index contributed by atoms with van der Waals surface area (Å²) in [5.41, 5.74) is 0.616. The number of halogens is 2. The molecule has 1 aromatic rings. The van der Waals surface area contributed by atoms with E-state index < -0.39 is 0 Å². The van der Waals surface area contributed by atoms with E-state index in [4.69, 9.17) is 23.2 Å². The molecule has 2 saturated heterocycles. The van der Waals surface area contributed by atoms with Crippen molar-refractivity contribution in [3.63, 3.8) is 0 Å². The Hall–Kier alpha value is -0.810. The van der Waals surface area contributed by atoms with Crippen LogP contribution >= 0.6 is 23.2 Å². The van der Waals surface area contributed by atoms with Gasteiger partial charge in [0.1, 0.15) is 0 Å². The molecule has 2 aliphatic rings. The third-order valence-corrected chi connectivity index (χ3v) is 5.02.